The van der Waals surface area contributed by atoms with Gasteiger partial charge in [-0.25, -0.2) is 0 Å². The van der Waals surface area contributed by atoms with Crippen LogP contribution in [0, 0.1) is 0 Å². The normalized spacial score (nSPS) is 19.5. The number of aliphatic carboxylic acids is 1. The zero-order valence-corrected chi connectivity index (χ0v) is 10.8. The van der Waals surface area contributed by atoms with Crippen molar-refractivity contribution in [2.45, 2.75) is 38.3 Å². The fourth-order valence-corrected chi connectivity index (χ4v) is 2.46. The lowest BCUT2D eigenvalue weighted by molar-refractivity contribution is -0.147. The Morgan fingerprint density at radius 1 is 1.53 bits per heavy atom. The van der Waals surface area contributed by atoms with Gasteiger partial charge in [0, 0.05) is 13.2 Å². The average molecular weight is 244 g/mol. The van der Waals surface area contributed by atoms with Gasteiger partial charge in [0.2, 0.25) is 0 Å². The number of ether oxygens (including phenoxy) is 1. The molecule has 2 N–H and O–H groups in total. The molecule has 1 aliphatic heterocycles. The van der Waals surface area contributed by atoms with E-state index in [1.165, 1.54) is 0 Å². The number of carboxylic acid groups (broad SMARTS) is 1. The first kappa shape index (κ1) is 14.4. The maximum absolute atomic E-state index is 11.3. The van der Waals surface area contributed by atoms with E-state index in [4.69, 9.17) is 4.74 Å². The molecule has 0 aromatic carbocycles. The minimum Gasteiger partial charge on any atom is -0.480 e. The topological polar surface area (TPSA) is 61.8 Å². The Morgan fingerprint density at radius 3 is 2.65 bits per heavy atom. The third-order valence-electron chi connectivity index (χ3n) is 3.27. The van der Waals surface area contributed by atoms with Crippen LogP contribution in [0.25, 0.3) is 0 Å². The van der Waals surface area contributed by atoms with Crippen molar-refractivity contribution >= 4 is 5.97 Å². The van der Waals surface area contributed by atoms with Crippen molar-refractivity contribution < 1.29 is 14.6 Å². The Kier molecular flexibility index (Phi) is 6.47. The Morgan fingerprint density at radius 2 is 2.18 bits per heavy atom. The molecule has 0 aromatic rings. The number of piperidine rings is 1. The van der Waals surface area contributed by atoms with E-state index in [1.54, 1.807) is 7.11 Å². The van der Waals surface area contributed by atoms with Crippen LogP contribution in [-0.4, -0.2) is 61.4 Å². The highest BCUT2D eigenvalue weighted by Crippen LogP contribution is 2.16. The molecule has 0 aliphatic carbocycles. The molecule has 1 fully saturated rings. The van der Waals surface area contributed by atoms with E-state index in [2.05, 4.69) is 17.1 Å². The van der Waals surface area contributed by atoms with Crippen molar-refractivity contribution in [3.8, 4) is 0 Å². The van der Waals surface area contributed by atoms with Gasteiger partial charge in [-0.3, -0.25) is 9.69 Å². The van der Waals surface area contributed by atoms with Gasteiger partial charge in [0.1, 0.15) is 6.04 Å². The second-order valence-electron chi connectivity index (χ2n) is 4.53. The van der Waals surface area contributed by atoms with Gasteiger partial charge >= 0.3 is 5.97 Å². The van der Waals surface area contributed by atoms with Gasteiger partial charge in [0.25, 0.3) is 0 Å². The fourth-order valence-electron chi connectivity index (χ4n) is 2.46. The second-order valence-corrected chi connectivity index (χ2v) is 4.53. The molecule has 100 valence electrons. The molecule has 0 spiro atoms. The molecule has 17 heavy (non-hydrogen) atoms. The van der Waals surface area contributed by atoms with Gasteiger partial charge in [0.15, 0.2) is 0 Å². The Hall–Kier alpha value is -0.650. The quantitative estimate of drug-likeness (QED) is 0.685. The summed E-state index contributed by atoms with van der Waals surface area (Å²) in [6, 6.07) is -0.143. The van der Waals surface area contributed by atoms with E-state index >= 15 is 0 Å². The number of nitrogens with zero attached hydrogens (tertiary/aromatic N) is 1. The number of nitrogens with one attached hydrogen (secondary N) is 1. The Labute approximate surface area is 103 Å². The van der Waals surface area contributed by atoms with Crippen LogP contribution in [0.3, 0.4) is 0 Å². The second kappa shape index (κ2) is 7.63. The van der Waals surface area contributed by atoms with Gasteiger partial charge in [-0.2, -0.15) is 0 Å². The summed E-state index contributed by atoms with van der Waals surface area (Å²) in [5.74, 6) is -0.779. The van der Waals surface area contributed by atoms with Crippen molar-refractivity contribution in [1.82, 2.24) is 10.2 Å². The molecular formula is C12H24N2O3. The molecule has 1 heterocycles. The maximum Gasteiger partial charge on any atom is 0.323 e. The van der Waals surface area contributed by atoms with Crippen molar-refractivity contribution in [1.29, 1.82) is 0 Å². The molecule has 0 amide bonds. The van der Waals surface area contributed by atoms with Gasteiger partial charge < -0.3 is 15.2 Å². The summed E-state index contributed by atoms with van der Waals surface area (Å²) in [4.78, 5) is 13.4. The molecule has 1 aliphatic rings. The molecule has 1 atom stereocenters. The van der Waals surface area contributed by atoms with E-state index in [-0.39, 0.29) is 6.61 Å². The summed E-state index contributed by atoms with van der Waals surface area (Å²) in [7, 11) is 1.56. The molecule has 1 rings (SSSR count). The number of carboxylic acids is 1. The standard InChI is InChI=1S/C12H24N2O3/c1-3-8-14(10-4-6-13-7-5-10)11(9-17-2)12(15)16/h10-11,13H,3-9H2,1-2H3,(H,15,16). The van der Waals surface area contributed by atoms with Crippen LogP contribution in [0.4, 0.5) is 0 Å². The van der Waals surface area contributed by atoms with Crippen LogP contribution in [-0.2, 0) is 9.53 Å². The molecule has 0 aromatic heterocycles. The van der Waals surface area contributed by atoms with Crippen LogP contribution >= 0.6 is 0 Å². The first-order valence-electron chi connectivity index (χ1n) is 6.38. The lowest BCUT2D eigenvalue weighted by Crippen LogP contribution is -2.53. The summed E-state index contributed by atoms with van der Waals surface area (Å²) < 4.78 is 5.05. The predicted octanol–water partition coefficient (Wildman–Crippen LogP) is 0.550. The van der Waals surface area contributed by atoms with Crippen LogP contribution in [0.15, 0.2) is 0 Å². The lowest BCUT2D eigenvalue weighted by Gasteiger charge is -2.37. The molecule has 0 bridgehead atoms. The highest BCUT2D eigenvalue weighted by molar-refractivity contribution is 5.73. The molecule has 5 heteroatoms. The maximum atomic E-state index is 11.3. The first-order chi connectivity index (χ1) is 8.20. The summed E-state index contributed by atoms with van der Waals surface area (Å²) in [5.41, 5.74) is 0. The van der Waals surface area contributed by atoms with Crippen molar-refractivity contribution in [3.63, 3.8) is 0 Å². The van der Waals surface area contributed by atoms with Gasteiger partial charge in [-0.15, -0.1) is 0 Å². The monoisotopic (exact) mass is 244 g/mol. The first-order valence-corrected chi connectivity index (χ1v) is 6.38. The summed E-state index contributed by atoms with van der Waals surface area (Å²) >= 11 is 0. The SMILES string of the molecule is CCCN(C1CCNCC1)C(COC)C(=O)O. The van der Waals surface area contributed by atoms with E-state index in [0.717, 1.165) is 38.9 Å². The molecule has 5 nitrogen and oxygen atoms in total. The van der Waals surface area contributed by atoms with Crippen molar-refractivity contribution in [2.75, 3.05) is 33.4 Å². The van der Waals surface area contributed by atoms with Gasteiger partial charge in [-0.05, 0) is 38.9 Å². The molecule has 0 radical (unpaired) electrons. The van der Waals surface area contributed by atoms with Crippen molar-refractivity contribution in [2.24, 2.45) is 0 Å². The summed E-state index contributed by atoms with van der Waals surface area (Å²) in [6.07, 6.45) is 3.01. The van der Waals surface area contributed by atoms with E-state index < -0.39 is 12.0 Å². The van der Waals surface area contributed by atoms with Crippen LogP contribution < -0.4 is 5.32 Å². The molecular weight excluding hydrogens is 220 g/mol. The number of rotatable bonds is 7. The van der Waals surface area contributed by atoms with Crippen LogP contribution in [0.2, 0.25) is 0 Å². The fraction of sp³-hybridized carbons (Fsp3) is 0.917. The predicted molar refractivity (Wildman–Crippen MR) is 66.2 cm³/mol. The number of methoxy groups -OCH3 is 1. The molecule has 1 saturated heterocycles. The van der Waals surface area contributed by atoms with E-state index in [1.807, 2.05) is 0 Å². The van der Waals surface area contributed by atoms with E-state index in [9.17, 15) is 9.90 Å². The average Bonchev–Trinajstić information content (AvgIpc) is 2.34. The number of hydrogen-bond donors (Lipinski definition) is 2. The largest absolute Gasteiger partial charge is 0.480 e. The molecule has 1 unspecified atom stereocenters. The van der Waals surface area contributed by atoms with E-state index in [0.29, 0.717) is 6.04 Å². The van der Waals surface area contributed by atoms with Crippen LogP contribution in [0.1, 0.15) is 26.2 Å². The summed E-state index contributed by atoms with van der Waals surface area (Å²) in [6.45, 7) is 5.12. The Bertz CT molecular complexity index is 230. The Balaban J connectivity index is 2.68. The minimum absolute atomic E-state index is 0.263. The zero-order chi connectivity index (χ0) is 12.7. The van der Waals surface area contributed by atoms with Crippen molar-refractivity contribution in [3.05, 3.63) is 0 Å². The van der Waals surface area contributed by atoms with Gasteiger partial charge in [-0.1, -0.05) is 6.92 Å². The third kappa shape index (κ3) is 4.26. The number of carbonyl (C=O) groups is 1. The molecule has 0 saturated carbocycles. The van der Waals surface area contributed by atoms with Gasteiger partial charge in [0.05, 0.1) is 6.61 Å². The van der Waals surface area contributed by atoms with Crippen LogP contribution in [0.5, 0.6) is 0 Å². The highest BCUT2D eigenvalue weighted by atomic mass is 16.5. The zero-order valence-electron chi connectivity index (χ0n) is 10.8. The third-order valence-corrected chi connectivity index (χ3v) is 3.27. The summed E-state index contributed by atoms with van der Waals surface area (Å²) in [5, 5.41) is 12.6. The smallest absolute Gasteiger partial charge is 0.323 e. The number of hydrogen-bond acceptors (Lipinski definition) is 4. The lowest BCUT2D eigenvalue weighted by atomic mass is 10.0. The minimum atomic E-state index is -0.779. The highest BCUT2D eigenvalue weighted by Gasteiger charge is 2.31.